The molecule has 0 spiro atoms. The second-order valence-electron chi connectivity index (χ2n) is 8.75. The lowest BCUT2D eigenvalue weighted by atomic mass is 10.1. The second-order valence-corrected chi connectivity index (χ2v) is 11.1. The molecule has 0 aliphatic carbocycles. The Morgan fingerprint density at radius 1 is 1.05 bits per heavy atom. The Kier molecular flexibility index (Phi) is 8.35. The normalized spacial score (nSPS) is 12.1. The average Bonchev–Trinajstić information content (AvgIpc) is 2.94. The molecule has 11 nitrogen and oxygen atoms in total. The minimum absolute atomic E-state index is 0.0753. The number of aromatic nitrogens is 3. The number of carboxylic acids is 1. The van der Waals surface area contributed by atoms with Crippen molar-refractivity contribution in [2.45, 2.75) is 24.6 Å². The lowest BCUT2D eigenvalue weighted by Gasteiger charge is -2.14. The van der Waals surface area contributed by atoms with Crippen LogP contribution in [0.15, 0.2) is 77.6 Å². The number of fused-ring (bicyclic) bond motifs is 1. The number of carbonyl (C=O) groups excluding carboxylic acids is 1. The number of carboxylic acid groups (broad SMARTS) is 1. The summed E-state index contributed by atoms with van der Waals surface area (Å²) in [6.07, 6.45) is -0.258. The van der Waals surface area contributed by atoms with Crippen LogP contribution < -0.4 is 15.6 Å². The van der Waals surface area contributed by atoms with Gasteiger partial charge in [-0.05, 0) is 60.9 Å². The van der Waals surface area contributed by atoms with Crippen LogP contribution in [0.3, 0.4) is 0 Å². The Bertz CT molecular complexity index is 1670. The van der Waals surface area contributed by atoms with E-state index in [-0.39, 0.29) is 25.3 Å². The van der Waals surface area contributed by atoms with Crippen molar-refractivity contribution in [2.75, 3.05) is 18.2 Å². The van der Waals surface area contributed by atoms with Crippen LogP contribution in [0.4, 0.5) is 5.69 Å². The van der Waals surface area contributed by atoms with E-state index in [4.69, 9.17) is 4.74 Å². The number of sulfone groups is 1. The molecular weight excluding hydrogens is 524 g/mol. The maximum Gasteiger partial charge on any atom is 0.321 e. The first-order valence-electron chi connectivity index (χ1n) is 12.0. The first kappa shape index (κ1) is 27.5. The summed E-state index contributed by atoms with van der Waals surface area (Å²) in [5, 5.41) is 18.7. The van der Waals surface area contributed by atoms with E-state index in [0.29, 0.717) is 33.5 Å². The number of aryl methyl sites for hydroxylation is 2. The number of carbonyl (C=O) groups is 2. The van der Waals surface area contributed by atoms with Gasteiger partial charge in [-0.1, -0.05) is 35.5 Å². The molecule has 12 heteroatoms. The van der Waals surface area contributed by atoms with Crippen molar-refractivity contribution >= 4 is 38.3 Å². The van der Waals surface area contributed by atoms with Gasteiger partial charge in [0.25, 0.3) is 11.5 Å². The molecule has 2 N–H and O–H groups in total. The zero-order valence-corrected chi connectivity index (χ0v) is 21.8. The predicted octanol–water partition coefficient (Wildman–Crippen LogP) is 2.55. The Labute approximate surface area is 224 Å². The van der Waals surface area contributed by atoms with E-state index >= 15 is 0 Å². The molecule has 0 bridgehead atoms. The highest BCUT2D eigenvalue weighted by Gasteiger charge is 2.32. The molecular formula is C27H26N4O7S. The van der Waals surface area contributed by atoms with Crippen molar-refractivity contribution in [1.82, 2.24) is 15.0 Å². The number of nitrogens with one attached hydrogen (secondary N) is 1. The van der Waals surface area contributed by atoms with Gasteiger partial charge in [0.05, 0.1) is 18.2 Å². The zero-order chi connectivity index (χ0) is 28.0. The fourth-order valence-electron chi connectivity index (χ4n) is 3.99. The lowest BCUT2D eigenvalue weighted by molar-refractivity contribution is -0.136. The van der Waals surface area contributed by atoms with E-state index in [9.17, 15) is 27.9 Å². The number of benzene rings is 3. The summed E-state index contributed by atoms with van der Waals surface area (Å²) in [7, 11) is -2.55. The highest BCUT2D eigenvalue weighted by atomic mass is 32.2. The van der Waals surface area contributed by atoms with Crippen LogP contribution in [0, 0.1) is 0 Å². The molecule has 39 heavy (non-hydrogen) atoms. The number of anilines is 1. The summed E-state index contributed by atoms with van der Waals surface area (Å²) >= 11 is 0. The van der Waals surface area contributed by atoms with Crippen LogP contribution >= 0.6 is 0 Å². The smallest absolute Gasteiger partial charge is 0.321 e. The van der Waals surface area contributed by atoms with Gasteiger partial charge >= 0.3 is 5.97 Å². The van der Waals surface area contributed by atoms with Gasteiger partial charge in [0.2, 0.25) is 0 Å². The minimum Gasteiger partial charge on any atom is -0.497 e. The third-order valence-electron chi connectivity index (χ3n) is 6.16. The number of amides is 1. The predicted molar refractivity (Wildman–Crippen MR) is 145 cm³/mol. The van der Waals surface area contributed by atoms with Crippen molar-refractivity contribution < 1.29 is 27.9 Å². The van der Waals surface area contributed by atoms with Crippen molar-refractivity contribution in [3.63, 3.8) is 0 Å². The standard InChI is InChI=1S/C27H26N4O7S/c1-38-21-6-4-5-19(17-21)25(32)28-20-11-9-18(10-12-20)14-16-39(36,37)24(27(34)35)13-15-31-26(33)22-7-2-3-8-23(22)29-30-31/h2-12,17,24H,13-16H2,1H3,(H,28,32)(H,34,35). The molecule has 1 unspecified atom stereocenters. The average molecular weight is 551 g/mol. The lowest BCUT2D eigenvalue weighted by Crippen LogP contribution is -2.35. The van der Waals surface area contributed by atoms with Gasteiger partial charge in [-0.15, -0.1) is 5.10 Å². The van der Waals surface area contributed by atoms with Crippen LogP contribution in [-0.4, -0.2) is 58.5 Å². The van der Waals surface area contributed by atoms with Gasteiger partial charge in [0.15, 0.2) is 15.1 Å². The molecule has 0 saturated carbocycles. The van der Waals surface area contributed by atoms with Crippen molar-refractivity contribution in [2.24, 2.45) is 0 Å². The number of aliphatic carboxylic acids is 1. The number of nitrogens with zero attached hydrogens (tertiary/aromatic N) is 3. The maximum absolute atomic E-state index is 12.9. The van der Waals surface area contributed by atoms with Crippen LogP contribution in [0.25, 0.3) is 10.9 Å². The summed E-state index contributed by atoms with van der Waals surface area (Å²) in [5.41, 5.74) is 1.51. The van der Waals surface area contributed by atoms with E-state index in [1.807, 2.05) is 0 Å². The molecule has 0 saturated heterocycles. The Morgan fingerprint density at radius 2 is 1.79 bits per heavy atom. The number of ether oxygens (including phenoxy) is 1. The van der Waals surface area contributed by atoms with Crippen molar-refractivity contribution in [1.29, 1.82) is 0 Å². The van der Waals surface area contributed by atoms with Crippen molar-refractivity contribution in [3.8, 4) is 5.75 Å². The summed E-state index contributed by atoms with van der Waals surface area (Å²) in [4.78, 5) is 36.9. The van der Waals surface area contributed by atoms with E-state index in [1.165, 1.54) is 7.11 Å². The fourth-order valence-corrected chi connectivity index (χ4v) is 5.57. The van der Waals surface area contributed by atoms with Gasteiger partial charge in [-0.25, -0.2) is 13.1 Å². The molecule has 4 rings (SSSR count). The van der Waals surface area contributed by atoms with Crippen LogP contribution in [0.1, 0.15) is 22.3 Å². The zero-order valence-electron chi connectivity index (χ0n) is 21.0. The summed E-state index contributed by atoms with van der Waals surface area (Å²) in [6, 6.07) is 19.9. The largest absolute Gasteiger partial charge is 0.497 e. The molecule has 0 radical (unpaired) electrons. The molecule has 1 heterocycles. The Morgan fingerprint density at radius 3 is 2.51 bits per heavy atom. The third kappa shape index (κ3) is 6.65. The first-order valence-corrected chi connectivity index (χ1v) is 13.7. The van der Waals surface area contributed by atoms with Gasteiger partial charge in [0, 0.05) is 17.8 Å². The molecule has 0 aliphatic heterocycles. The number of hydrogen-bond donors (Lipinski definition) is 2. The third-order valence-corrected chi connectivity index (χ3v) is 8.24. The minimum atomic E-state index is -4.06. The quantitative estimate of drug-likeness (QED) is 0.286. The summed E-state index contributed by atoms with van der Waals surface area (Å²) < 4.78 is 31.9. The Hall–Kier alpha value is -4.58. The molecule has 1 amide bonds. The Balaban J connectivity index is 1.37. The maximum atomic E-state index is 12.9. The summed E-state index contributed by atoms with van der Waals surface area (Å²) in [6.45, 7) is -0.214. The number of hydrogen-bond acceptors (Lipinski definition) is 8. The number of rotatable bonds is 11. The summed E-state index contributed by atoms with van der Waals surface area (Å²) in [5.74, 6) is -1.68. The first-order chi connectivity index (χ1) is 18.7. The van der Waals surface area contributed by atoms with Gasteiger partial charge in [-0.2, -0.15) is 0 Å². The monoisotopic (exact) mass is 550 g/mol. The van der Waals surface area contributed by atoms with E-state index < -0.39 is 32.4 Å². The molecule has 0 aliphatic rings. The van der Waals surface area contributed by atoms with E-state index in [1.54, 1.807) is 72.8 Å². The molecule has 202 valence electrons. The van der Waals surface area contributed by atoms with Gasteiger partial charge < -0.3 is 15.2 Å². The van der Waals surface area contributed by atoms with E-state index in [0.717, 1.165) is 4.68 Å². The highest BCUT2D eigenvalue weighted by molar-refractivity contribution is 7.92. The van der Waals surface area contributed by atoms with Crippen LogP contribution in [0.5, 0.6) is 5.75 Å². The van der Waals surface area contributed by atoms with Crippen molar-refractivity contribution in [3.05, 3.63) is 94.3 Å². The SMILES string of the molecule is COc1cccc(C(=O)Nc2ccc(CCS(=O)(=O)C(CCn3nnc4ccccc4c3=O)C(=O)O)cc2)c1. The number of methoxy groups -OCH3 is 1. The van der Waals surface area contributed by atoms with Gasteiger partial charge in [0.1, 0.15) is 11.3 Å². The highest BCUT2D eigenvalue weighted by Crippen LogP contribution is 2.17. The molecule has 1 aromatic heterocycles. The topological polar surface area (TPSA) is 158 Å². The molecule has 1 atom stereocenters. The van der Waals surface area contributed by atoms with Crippen LogP contribution in [-0.2, 0) is 27.6 Å². The van der Waals surface area contributed by atoms with Gasteiger partial charge in [-0.3, -0.25) is 14.4 Å². The second kappa shape index (κ2) is 11.9. The molecule has 0 fully saturated rings. The van der Waals surface area contributed by atoms with E-state index in [2.05, 4.69) is 15.6 Å². The molecule has 4 aromatic rings. The molecule has 3 aromatic carbocycles. The van der Waals surface area contributed by atoms with Crippen LogP contribution in [0.2, 0.25) is 0 Å². The fraction of sp³-hybridized carbons (Fsp3) is 0.222.